The van der Waals surface area contributed by atoms with Gasteiger partial charge in [-0.2, -0.15) is 0 Å². The molecule has 4 rings (SSSR count). The van der Waals surface area contributed by atoms with Crippen molar-refractivity contribution in [2.75, 3.05) is 0 Å². The third-order valence-electron chi connectivity index (χ3n) is 4.46. The summed E-state index contributed by atoms with van der Waals surface area (Å²) < 4.78 is 14.5. The second-order valence-electron chi connectivity index (χ2n) is 6.34. The Morgan fingerprint density at radius 2 is 1.58 bits per heavy atom. The van der Waals surface area contributed by atoms with Gasteiger partial charge in [-0.15, -0.1) is 0 Å². The smallest absolute Gasteiger partial charge is 0.141 e. The zero-order valence-corrected chi connectivity index (χ0v) is 14.6. The molecule has 128 valence electrons. The van der Waals surface area contributed by atoms with E-state index in [2.05, 4.69) is 9.97 Å². The van der Waals surface area contributed by atoms with Crippen LogP contribution in [0.2, 0.25) is 0 Å². The van der Waals surface area contributed by atoms with Crippen molar-refractivity contribution in [1.82, 2.24) is 15.0 Å². The third kappa shape index (κ3) is 2.90. The normalized spacial score (nSPS) is 10.9. The fourth-order valence-electron chi connectivity index (χ4n) is 3.07. The number of pyridine rings is 1. The summed E-state index contributed by atoms with van der Waals surface area (Å²) in [4.78, 5) is 12.2. The van der Waals surface area contributed by atoms with Gasteiger partial charge in [0.2, 0.25) is 0 Å². The van der Waals surface area contributed by atoms with Crippen LogP contribution in [-0.2, 0) is 0 Å². The van der Waals surface area contributed by atoms with Crippen LogP contribution >= 0.6 is 0 Å². The lowest BCUT2D eigenvalue weighted by molar-refractivity contribution is 0.629. The van der Waals surface area contributed by atoms with Crippen LogP contribution < -0.4 is 0 Å². The van der Waals surface area contributed by atoms with Crippen molar-refractivity contribution in [3.8, 4) is 33.9 Å². The van der Waals surface area contributed by atoms with Gasteiger partial charge in [0.1, 0.15) is 11.6 Å². The van der Waals surface area contributed by atoms with Crippen molar-refractivity contribution in [3.05, 3.63) is 83.9 Å². The van der Waals surface area contributed by atoms with Crippen LogP contribution in [0.5, 0.6) is 0 Å². The van der Waals surface area contributed by atoms with Gasteiger partial charge in [0.05, 0.1) is 17.0 Å². The molecule has 0 atom stereocenters. The molecule has 0 unspecified atom stereocenters. The highest BCUT2D eigenvalue weighted by Crippen LogP contribution is 2.34. The van der Waals surface area contributed by atoms with Crippen LogP contribution in [0.1, 0.15) is 11.1 Å². The Morgan fingerprint density at radius 3 is 2.27 bits per heavy atom. The molecule has 2 aromatic carbocycles. The molecule has 0 amide bonds. The van der Waals surface area contributed by atoms with Gasteiger partial charge in [0.25, 0.3) is 0 Å². The number of aromatic nitrogens is 3. The average molecular weight is 343 g/mol. The van der Waals surface area contributed by atoms with Crippen LogP contribution in [0.3, 0.4) is 0 Å². The molecule has 4 aromatic rings. The lowest BCUT2D eigenvalue weighted by Crippen LogP contribution is -1.90. The molecule has 2 heterocycles. The second kappa shape index (κ2) is 6.56. The Hall–Kier alpha value is -3.27. The Balaban J connectivity index is 1.95. The minimum atomic E-state index is -0.282. The first-order valence-electron chi connectivity index (χ1n) is 8.46. The van der Waals surface area contributed by atoms with E-state index in [0.29, 0.717) is 11.4 Å². The highest BCUT2D eigenvalue weighted by molar-refractivity contribution is 5.81. The molecule has 3 nitrogen and oxygen atoms in total. The van der Waals surface area contributed by atoms with Crippen molar-refractivity contribution in [2.24, 2.45) is 0 Å². The monoisotopic (exact) mass is 343 g/mol. The lowest BCUT2D eigenvalue weighted by Gasteiger charge is -2.03. The second-order valence-corrected chi connectivity index (χ2v) is 6.34. The Bertz CT molecular complexity index is 1030. The molecule has 4 heteroatoms. The van der Waals surface area contributed by atoms with Crippen molar-refractivity contribution in [3.63, 3.8) is 0 Å². The number of nitrogens with one attached hydrogen (secondary N) is 1. The Morgan fingerprint density at radius 1 is 0.846 bits per heavy atom. The van der Waals surface area contributed by atoms with Gasteiger partial charge in [-0.3, -0.25) is 4.98 Å². The number of aryl methyl sites for hydroxylation is 2. The van der Waals surface area contributed by atoms with E-state index in [1.54, 1.807) is 18.5 Å². The van der Waals surface area contributed by atoms with Gasteiger partial charge >= 0.3 is 0 Å². The quantitative estimate of drug-likeness (QED) is 0.529. The van der Waals surface area contributed by atoms with Crippen LogP contribution in [-0.4, -0.2) is 15.0 Å². The number of H-pyrrole nitrogens is 1. The van der Waals surface area contributed by atoms with Crippen molar-refractivity contribution >= 4 is 0 Å². The minimum absolute atomic E-state index is 0.282. The Labute approximate surface area is 151 Å². The Kier molecular flexibility index (Phi) is 4.09. The number of nitrogens with zero attached hydrogens (tertiary/aromatic N) is 2. The molecule has 0 saturated carbocycles. The standard InChI is InChI=1S/C22H18FN3/c1-14-6-8-16(9-7-14)20-21(17-10-12-24-13-11-17)26-22(25-20)19-15(2)4-3-5-18(19)23/h3-13H,1-2H3,(H,25,26). The van der Waals surface area contributed by atoms with Gasteiger partial charge < -0.3 is 4.98 Å². The predicted octanol–water partition coefficient (Wildman–Crippen LogP) is 5.56. The van der Waals surface area contributed by atoms with Gasteiger partial charge in [0, 0.05) is 23.5 Å². The number of halogens is 1. The van der Waals surface area contributed by atoms with Gasteiger partial charge in [0.15, 0.2) is 0 Å². The minimum Gasteiger partial charge on any atom is -0.337 e. The van der Waals surface area contributed by atoms with Crippen molar-refractivity contribution < 1.29 is 4.39 Å². The maximum Gasteiger partial charge on any atom is 0.141 e. The summed E-state index contributed by atoms with van der Waals surface area (Å²) in [5.41, 5.74) is 6.13. The van der Waals surface area contributed by atoms with E-state index in [1.807, 2.05) is 56.3 Å². The molecule has 0 aliphatic rings. The first-order valence-corrected chi connectivity index (χ1v) is 8.46. The number of imidazole rings is 1. The largest absolute Gasteiger partial charge is 0.337 e. The summed E-state index contributed by atoms with van der Waals surface area (Å²) in [7, 11) is 0. The van der Waals surface area contributed by atoms with E-state index in [4.69, 9.17) is 4.98 Å². The van der Waals surface area contributed by atoms with E-state index < -0.39 is 0 Å². The lowest BCUT2D eigenvalue weighted by atomic mass is 10.0. The van der Waals surface area contributed by atoms with Crippen LogP contribution in [0.15, 0.2) is 67.0 Å². The molecule has 0 fully saturated rings. The highest BCUT2D eigenvalue weighted by Gasteiger charge is 2.18. The fourth-order valence-corrected chi connectivity index (χ4v) is 3.07. The first-order chi connectivity index (χ1) is 12.6. The summed E-state index contributed by atoms with van der Waals surface area (Å²) in [5.74, 6) is 0.249. The molecule has 0 spiro atoms. The molecule has 26 heavy (non-hydrogen) atoms. The summed E-state index contributed by atoms with van der Waals surface area (Å²) in [6.45, 7) is 3.94. The van der Waals surface area contributed by atoms with Gasteiger partial charge in [-0.25, -0.2) is 9.37 Å². The predicted molar refractivity (Wildman–Crippen MR) is 102 cm³/mol. The molecule has 2 aromatic heterocycles. The molecule has 0 bridgehead atoms. The van der Waals surface area contributed by atoms with E-state index in [1.165, 1.54) is 11.6 Å². The average Bonchev–Trinajstić information content (AvgIpc) is 3.08. The van der Waals surface area contributed by atoms with Crippen LogP contribution in [0.25, 0.3) is 33.9 Å². The van der Waals surface area contributed by atoms with E-state index >= 15 is 0 Å². The molecular formula is C22H18FN3. The highest BCUT2D eigenvalue weighted by atomic mass is 19.1. The molecule has 0 aliphatic heterocycles. The van der Waals surface area contributed by atoms with E-state index in [0.717, 1.165) is 28.1 Å². The maximum atomic E-state index is 14.5. The zero-order chi connectivity index (χ0) is 18.1. The number of benzene rings is 2. The molecular weight excluding hydrogens is 325 g/mol. The van der Waals surface area contributed by atoms with Gasteiger partial charge in [-0.05, 0) is 37.6 Å². The molecule has 0 radical (unpaired) electrons. The molecule has 0 aliphatic carbocycles. The molecule has 0 saturated heterocycles. The maximum absolute atomic E-state index is 14.5. The zero-order valence-electron chi connectivity index (χ0n) is 14.6. The SMILES string of the molecule is Cc1ccc(-c2nc(-c3c(C)cccc3F)[nH]c2-c2ccncc2)cc1. The van der Waals surface area contributed by atoms with E-state index in [-0.39, 0.29) is 5.82 Å². The van der Waals surface area contributed by atoms with Crippen molar-refractivity contribution in [2.45, 2.75) is 13.8 Å². The van der Waals surface area contributed by atoms with Crippen LogP contribution in [0, 0.1) is 19.7 Å². The number of rotatable bonds is 3. The summed E-state index contributed by atoms with van der Waals surface area (Å²) in [6, 6.07) is 17.1. The number of hydrogen-bond donors (Lipinski definition) is 1. The summed E-state index contributed by atoms with van der Waals surface area (Å²) in [5, 5.41) is 0. The first kappa shape index (κ1) is 16.2. The fraction of sp³-hybridized carbons (Fsp3) is 0.0909. The van der Waals surface area contributed by atoms with Gasteiger partial charge in [-0.1, -0.05) is 42.0 Å². The van der Waals surface area contributed by atoms with Crippen LogP contribution in [0.4, 0.5) is 4.39 Å². The molecule has 1 N–H and O–H groups in total. The van der Waals surface area contributed by atoms with Crippen molar-refractivity contribution in [1.29, 1.82) is 0 Å². The third-order valence-corrected chi connectivity index (χ3v) is 4.46. The summed E-state index contributed by atoms with van der Waals surface area (Å²) in [6.07, 6.45) is 3.48. The summed E-state index contributed by atoms with van der Waals surface area (Å²) >= 11 is 0. The number of aromatic amines is 1. The van der Waals surface area contributed by atoms with E-state index in [9.17, 15) is 4.39 Å². The number of hydrogen-bond acceptors (Lipinski definition) is 2. The topological polar surface area (TPSA) is 41.6 Å².